The quantitative estimate of drug-likeness (QED) is 0.627. The Morgan fingerprint density at radius 1 is 1.05 bits per heavy atom. The van der Waals surface area contributed by atoms with Crippen LogP contribution in [0.5, 0.6) is 5.75 Å². The number of anilines is 1. The fourth-order valence-corrected chi connectivity index (χ4v) is 2.41. The number of nitrogens with two attached hydrogens (primary N) is 1. The van der Waals surface area contributed by atoms with Gasteiger partial charge in [0.05, 0.1) is 0 Å². The van der Waals surface area contributed by atoms with Crippen molar-refractivity contribution in [1.82, 2.24) is 4.90 Å². The number of benzene rings is 2. The van der Waals surface area contributed by atoms with Gasteiger partial charge in [0.2, 0.25) is 0 Å². The molecule has 21 heavy (non-hydrogen) atoms. The molecule has 3 nitrogen and oxygen atoms in total. The maximum absolute atomic E-state index is 5.71. The second-order valence-electron chi connectivity index (χ2n) is 5.00. The standard InChI is InChI=1S/C17H22N2OS/c1-19(13-14-3-9-17(21-2)10-4-14)11-12-20-16-7-5-15(18)6-8-16/h3-10H,11-13,18H2,1-2H3. The Morgan fingerprint density at radius 3 is 2.33 bits per heavy atom. The highest BCUT2D eigenvalue weighted by molar-refractivity contribution is 7.98. The van der Waals surface area contributed by atoms with Crippen LogP contribution in [-0.2, 0) is 6.54 Å². The van der Waals surface area contributed by atoms with Gasteiger partial charge in [-0.15, -0.1) is 11.8 Å². The first-order valence-electron chi connectivity index (χ1n) is 6.97. The van der Waals surface area contributed by atoms with Crippen molar-refractivity contribution in [3.63, 3.8) is 0 Å². The molecule has 0 saturated carbocycles. The van der Waals surface area contributed by atoms with Crippen molar-refractivity contribution in [1.29, 1.82) is 0 Å². The van der Waals surface area contributed by atoms with Crippen molar-refractivity contribution in [2.24, 2.45) is 0 Å². The van der Waals surface area contributed by atoms with Crippen LogP contribution in [0.1, 0.15) is 5.56 Å². The van der Waals surface area contributed by atoms with Gasteiger partial charge in [-0.2, -0.15) is 0 Å². The van der Waals surface area contributed by atoms with E-state index >= 15 is 0 Å². The van der Waals surface area contributed by atoms with Gasteiger partial charge in [-0.25, -0.2) is 0 Å². The third-order valence-electron chi connectivity index (χ3n) is 3.23. The van der Waals surface area contributed by atoms with Crippen LogP contribution in [0.25, 0.3) is 0 Å². The molecule has 0 heterocycles. The minimum absolute atomic E-state index is 0.670. The molecule has 0 amide bonds. The monoisotopic (exact) mass is 302 g/mol. The molecule has 2 aromatic rings. The second-order valence-corrected chi connectivity index (χ2v) is 5.88. The number of thioether (sulfide) groups is 1. The minimum Gasteiger partial charge on any atom is -0.492 e. The smallest absolute Gasteiger partial charge is 0.119 e. The maximum Gasteiger partial charge on any atom is 0.119 e. The van der Waals surface area contributed by atoms with Crippen molar-refractivity contribution in [2.45, 2.75) is 11.4 Å². The van der Waals surface area contributed by atoms with E-state index in [-0.39, 0.29) is 0 Å². The highest BCUT2D eigenvalue weighted by Gasteiger charge is 2.01. The number of hydrogen-bond acceptors (Lipinski definition) is 4. The summed E-state index contributed by atoms with van der Waals surface area (Å²) in [7, 11) is 2.11. The van der Waals surface area contributed by atoms with Crippen LogP contribution in [0, 0.1) is 0 Å². The molecule has 2 rings (SSSR count). The summed E-state index contributed by atoms with van der Waals surface area (Å²) in [5.41, 5.74) is 7.72. The predicted molar refractivity (Wildman–Crippen MR) is 90.9 cm³/mol. The largest absolute Gasteiger partial charge is 0.492 e. The van der Waals surface area contributed by atoms with E-state index in [4.69, 9.17) is 10.5 Å². The molecule has 0 fully saturated rings. The first-order valence-corrected chi connectivity index (χ1v) is 8.19. The highest BCUT2D eigenvalue weighted by Crippen LogP contribution is 2.16. The van der Waals surface area contributed by atoms with Gasteiger partial charge in [-0.1, -0.05) is 12.1 Å². The van der Waals surface area contributed by atoms with E-state index in [1.54, 1.807) is 11.8 Å². The van der Waals surface area contributed by atoms with Crippen molar-refractivity contribution in [2.75, 3.05) is 32.2 Å². The first-order chi connectivity index (χ1) is 10.2. The summed E-state index contributed by atoms with van der Waals surface area (Å²) in [4.78, 5) is 3.55. The fraction of sp³-hybridized carbons (Fsp3) is 0.294. The molecule has 0 aromatic heterocycles. The molecule has 0 aliphatic carbocycles. The number of likely N-dealkylation sites (N-methyl/N-ethyl adjacent to an activating group) is 1. The second kappa shape index (κ2) is 7.96. The summed E-state index contributed by atoms with van der Waals surface area (Å²) in [6.07, 6.45) is 2.09. The lowest BCUT2D eigenvalue weighted by molar-refractivity contribution is 0.233. The molecule has 0 atom stereocenters. The van der Waals surface area contributed by atoms with Crippen LogP contribution in [0.2, 0.25) is 0 Å². The van der Waals surface area contributed by atoms with Crippen molar-refractivity contribution in [3.8, 4) is 5.75 Å². The van der Waals surface area contributed by atoms with Crippen LogP contribution in [-0.4, -0.2) is 31.4 Å². The molecular weight excluding hydrogens is 280 g/mol. The van der Waals surface area contributed by atoms with Crippen LogP contribution in [0.4, 0.5) is 5.69 Å². The summed E-state index contributed by atoms with van der Waals surface area (Å²) in [6.45, 7) is 2.48. The average molecular weight is 302 g/mol. The van der Waals surface area contributed by atoms with Gasteiger partial charge in [0, 0.05) is 23.7 Å². The van der Waals surface area contributed by atoms with E-state index in [0.717, 1.165) is 24.5 Å². The van der Waals surface area contributed by atoms with E-state index in [1.807, 2.05) is 24.3 Å². The maximum atomic E-state index is 5.71. The van der Waals surface area contributed by atoms with Crippen molar-refractivity contribution >= 4 is 17.4 Å². The Kier molecular flexibility index (Phi) is 5.96. The Bertz CT molecular complexity index is 540. The van der Waals surface area contributed by atoms with Gasteiger partial charge >= 0.3 is 0 Å². The van der Waals surface area contributed by atoms with E-state index in [1.165, 1.54) is 10.5 Å². The molecule has 0 bridgehead atoms. The van der Waals surface area contributed by atoms with Gasteiger partial charge in [-0.3, -0.25) is 4.90 Å². The molecule has 2 aromatic carbocycles. The first kappa shape index (κ1) is 15.7. The summed E-state index contributed by atoms with van der Waals surface area (Å²) in [5.74, 6) is 0.863. The third kappa shape index (κ3) is 5.33. The van der Waals surface area contributed by atoms with E-state index < -0.39 is 0 Å². The molecule has 2 N–H and O–H groups in total. The molecule has 0 saturated heterocycles. The lowest BCUT2D eigenvalue weighted by atomic mass is 10.2. The van der Waals surface area contributed by atoms with Gasteiger partial charge < -0.3 is 10.5 Å². The van der Waals surface area contributed by atoms with E-state index in [2.05, 4.69) is 42.5 Å². The van der Waals surface area contributed by atoms with Crippen molar-refractivity contribution < 1.29 is 4.74 Å². The summed E-state index contributed by atoms with van der Waals surface area (Å²) in [6, 6.07) is 16.2. The van der Waals surface area contributed by atoms with Gasteiger partial charge in [0.15, 0.2) is 0 Å². The van der Waals surface area contributed by atoms with Crippen molar-refractivity contribution in [3.05, 3.63) is 54.1 Å². The Hall–Kier alpha value is -1.65. The molecule has 112 valence electrons. The molecule has 0 spiro atoms. The minimum atomic E-state index is 0.670. The van der Waals surface area contributed by atoms with Gasteiger partial charge in [-0.05, 0) is 55.3 Å². The summed E-state index contributed by atoms with van der Waals surface area (Å²) < 4.78 is 5.71. The number of nitrogens with zero attached hydrogens (tertiary/aromatic N) is 1. The predicted octanol–water partition coefficient (Wildman–Crippen LogP) is 3.50. The van der Waals surface area contributed by atoms with Crippen LogP contribution in [0.15, 0.2) is 53.4 Å². The number of rotatable bonds is 7. The molecular formula is C17H22N2OS. The lowest BCUT2D eigenvalue weighted by Gasteiger charge is -2.17. The number of hydrogen-bond donors (Lipinski definition) is 1. The highest BCUT2D eigenvalue weighted by atomic mass is 32.2. The molecule has 0 aliphatic rings. The van der Waals surface area contributed by atoms with E-state index in [9.17, 15) is 0 Å². The zero-order chi connectivity index (χ0) is 15.1. The van der Waals surface area contributed by atoms with E-state index in [0.29, 0.717) is 6.61 Å². The molecule has 0 aliphatic heterocycles. The lowest BCUT2D eigenvalue weighted by Crippen LogP contribution is -2.23. The molecule has 4 heteroatoms. The SMILES string of the molecule is CSc1ccc(CN(C)CCOc2ccc(N)cc2)cc1. The number of nitrogen functional groups attached to an aromatic ring is 1. The normalized spacial score (nSPS) is 10.8. The molecule has 0 unspecified atom stereocenters. The van der Waals surface area contributed by atoms with Gasteiger partial charge in [0.1, 0.15) is 12.4 Å². The zero-order valence-electron chi connectivity index (χ0n) is 12.6. The topological polar surface area (TPSA) is 38.5 Å². The van der Waals surface area contributed by atoms with Crippen LogP contribution < -0.4 is 10.5 Å². The van der Waals surface area contributed by atoms with Crippen LogP contribution >= 0.6 is 11.8 Å². The average Bonchev–Trinajstić information content (AvgIpc) is 2.50. The summed E-state index contributed by atoms with van der Waals surface area (Å²) >= 11 is 1.77. The third-order valence-corrected chi connectivity index (χ3v) is 3.98. The number of ether oxygens (including phenoxy) is 1. The summed E-state index contributed by atoms with van der Waals surface area (Å²) in [5, 5.41) is 0. The van der Waals surface area contributed by atoms with Gasteiger partial charge in [0.25, 0.3) is 0 Å². The Balaban J connectivity index is 1.73. The molecule has 0 radical (unpaired) electrons. The Labute approximate surface area is 131 Å². The zero-order valence-corrected chi connectivity index (χ0v) is 13.4. The van der Waals surface area contributed by atoms with Crippen LogP contribution in [0.3, 0.4) is 0 Å². The fourth-order valence-electron chi connectivity index (χ4n) is 2.01. The Morgan fingerprint density at radius 2 is 1.71 bits per heavy atom.